The summed E-state index contributed by atoms with van der Waals surface area (Å²) in [6, 6.07) is 5.53. The highest BCUT2D eigenvalue weighted by atomic mass is 19.4. The SMILES string of the molecule is CN(Cc1ccc2c(c1)ncn2C)CC(F)(F)F. The summed E-state index contributed by atoms with van der Waals surface area (Å²) >= 11 is 0. The number of alkyl halides is 3. The number of nitrogens with zero attached hydrogens (tertiary/aromatic N) is 3. The minimum Gasteiger partial charge on any atom is -0.334 e. The smallest absolute Gasteiger partial charge is 0.334 e. The average Bonchev–Trinajstić information content (AvgIpc) is 2.57. The normalized spacial score (nSPS) is 12.6. The molecule has 0 aliphatic rings. The molecule has 0 N–H and O–H groups in total. The van der Waals surface area contributed by atoms with Gasteiger partial charge in [0.05, 0.1) is 23.9 Å². The molecule has 1 aromatic carbocycles. The van der Waals surface area contributed by atoms with Gasteiger partial charge in [-0.3, -0.25) is 4.90 Å². The first-order valence-electron chi connectivity index (χ1n) is 5.50. The van der Waals surface area contributed by atoms with E-state index in [1.807, 2.05) is 29.8 Å². The van der Waals surface area contributed by atoms with Crippen LogP contribution in [0.5, 0.6) is 0 Å². The molecule has 0 atom stereocenters. The molecule has 2 aromatic rings. The molecule has 0 aliphatic heterocycles. The molecule has 0 unspecified atom stereocenters. The van der Waals surface area contributed by atoms with Crippen molar-refractivity contribution in [3.8, 4) is 0 Å². The van der Waals surface area contributed by atoms with Gasteiger partial charge in [-0.25, -0.2) is 4.98 Å². The lowest BCUT2D eigenvalue weighted by atomic mass is 10.2. The number of halogens is 3. The molecule has 0 spiro atoms. The van der Waals surface area contributed by atoms with E-state index in [1.54, 1.807) is 6.33 Å². The number of benzene rings is 1. The fourth-order valence-corrected chi connectivity index (χ4v) is 1.95. The van der Waals surface area contributed by atoms with Crippen LogP contribution in [0.1, 0.15) is 5.56 Å². The Kier molecular flexibility index (Phi) is 3.30. The summed E-state index contributed by atoms with van der Waals surface area (Å²) in [5.41, 5.74) is 2.60. The molecule has 0 saturated carbocycles. The maximum Gasteiger partial charge on any atom is 0.401 e. The predicted octanol–water partition coefficient (Wildman–Crippen LogP) is 2.57. The fraction of sp³-hybridized carbons (Fsp3) is 0.417. The fourth-order valence-electron chi connectivity index (χ4n) is 1.95. The van der Waals surface area contributed by atoms with Crippen LogP contribution in [0.15, 0.2) is 24.5 Å². The Morgan fingerprint density at radius 2 is 2.06 bits per heavy atom. The van der Waals surface area contributed by atoms with Gasteiger partial charge < -0.3 is 4.57 Å². The predicted molar refractivity (Wildman–Crippen MR) is 63.1 cm³/mol. The first kappa shape index (κ1) is 12.9. The van der Waals surface area contributed by atoms with Crippen LogP contribution in [-0.4, -0.2) is 34.2 Å². The van der Waals surface area contributed by atoms with Crippen molar-refractivity contribution < 1.29 is 13.2 Å². The van der Waals surface area contributed by atoms with Gasteiger partial charge in [-0.15, -0.1) is 0 Å². The van der Waals surface area contributed by atoms with Crippen LogP contribution < -0.4 is 0 Å². The molecule has 0 bridgehead atoms. The molecule has 0 fully saturated rings. The second kappa shape index (κ2) is 4.61. The van der Waals surface area contributed by atoms with Crippen LogP contribution in [0.3, 0.4) is 0 Å². The van der Waals surface area contributed by atoms with E-state index < -0.39 is 12.7 Å². The number of aromatic nitrogens is 2. The van der Waals surface area contributed by atoms with Gasteiger partial charge in [0.25, 0.3) is 0 Å². The Morgan fingerprint density at radius 3 is 2.72 bits per heavy atom. The summed E-state index contributed by atoms with van der Waals surface area (Å²) in [6.07, 6.45) is -2.47. The van der Waals surface area contributed by atoms with Gasteiger partial charge in [-0.1, -0.05) is 6.07 Å². The number of rotatable bonds is 3. The molecule has 0 amide bonds. The summed E-state index contributed by atoms with van der Waals surface area (Å²) in [4.78, 5) is 5.42. The van der Waals surface area contributed by atoms with Gasteiger partial charge in [-0.2, -0.15) is 13.2 Å². The largest absolute Gasteiger partial charge is 0.401 e. The Bertz CT molecular complexity index is 545. The van der Waals surface area contributed by atoms with Crippen LogP contribution in [0.2, 0.25) is 0 Å². The van der Waals surface area contributed by atoms with Crippen molar-refractivity contribution in [3.63, 3.8) is 0 Å². The summed E-state index contributed by atoms with van der Waals surface area (Å²) in [7, 11) is 3.33. The minimum absolute atomic E-state index is 0.256. The minimum atomic E-state index is -4.16. The Morgan fingerprint density at radius 1 is 1.33 bits per heavy atom. The van der Waals surface area contributed by atoms with Crippen LogP contribution in [-0.2, 0) is 13.6 Å². The third-order valence-electron chi connectivity index (χ3n) is 2.69. The van der Waals surface area contributed by atoms with Crippen molar-refractivity contribution >= 4 is 11.0 Å². The second-order valence-electron chi connectivity index (χ2n) is 4.47. The van der Waals surface area contributed by atoms with E-state index in [9.17, 15) is 13.2 Å². The molecule has 3 nitrogen and oxygen atoms in total. The molecule has 0 saturated heterocycles. The van der Waals surface area contributed by atoms with E-state index in [0.717, 1.165) is 16.6 Å². The monoisotopic (exact) mass is 257 g/mol. The van der Waals surface area contributed by atoms with E-state index in [2.05, 4.69) is 4.98 Å². The molecule has 1 aromatic heterocycles. The highest BCUT2D eigenvalue weighted by Gasteiger charge is 2.29. The molecule has 2 rings (SSSR count). The number of aryl methyl sites for hydroxylation is 1. The third-order valence-corrected chi connectivity index (χ3v) is 2.69. The molecule has 1 heterocycles. The van der Waals surface area contributed by atoms with E-state index in [4.69, 9.17) is 0 Å². The van der Waals surface area contributed by atoms with Crippen molar-refractivity contribution in [3.05, 3.63) is 30.1 Å². The highest BCUT2D eigenvalue weighted by molar-refractivity contribution is 5.75. The van der Waals surface area contributed by atoms with E-state index in [1.165, 1.54) is 11.9 Å². The van der Waals surface area contributed by atoms with Crippen LogP contribution in [0.25, 0.3) is 11.0 Å². The zero-order valence-corrected chi connectivity index (χ0v) is 10.2. The maximum atomic E-state index is 12.2. The topological polar surface area (TPSA) is 21.1 Å². The lowest BCUT2D eigenvalue weighted by Gasteiger charge is -2.18. The first-order valence-corrected chi connectivity index (χ1v) is 5.50. The number of hydrogen-bond donors (Lipinski definition) is 0. The Hall–Kier alpha value is -1.56. The number of fused-ring (bicyclic) bond motifs is 1. The molecule has 0 aliphatic carbocycles. The molecule has 6 heteroatoms. The third kappa shape index (κ3) is 3.01. The second-order valence-corrected chi connectivity index (χ2v) is 4.47. The first-order chi connectivity index (χ1) is 8.35. The van der Waals surface area contributed by atoms with E-state index >= 15 is 0 Å². The average molecular weight is 257 g/mol. The van der Waals surface area contributed by atoms with Gasteiger partial charge >= 0.3 is 6.18 Å². The van der Waals surface area contributed by atoms with Crippen LogP contribution in [0.4, 0.5) is 13.2 Å². The van der Waals surface area contributed by atoms with Crippen molar-refractivity contribution in [1.82, 2.24) is 14.5 Å². The summed E-state index contributed by atoms with van der Waals surface area (Å²) < 4.78 is 38.5. The molecule has 0 radical (unpaired) electrons. The Labute approximate surface area is 103 Å². The Balaban J connectivity index is 2.12. The van der Waals surface area contributed by atoms with Gasteiger partial charge in [-0.05, 0) is 24.7 Å². The highest BCUT2D eigenvalue weighted by Crippen LogP contribution is 2.18. The van der Waals surface area contributed by atoms with Crippen LogP contribution in [0, 0.1) is 0 Å². The lowest BCUT2D eigenvalue weighted by molar-refractivity contribution is -0.144. The zero-order chi connectivity index (χ0) is 13.3. The molecule has 98 valence electrons. The van der Waals surface area contributed by atoms with E-state index in [-0.39, 0.29) is 6.54 Å². The molecule has 18 heavy (non-hydrogen) atoms. The zero-order valence-electron chi connectivity index (χ0n) is 10.2. The van der Waals surface area contributed by atoms with Gasteiger partial charge in [0.15, 0.2) is 0 Å². The van der Waals surface area contributed by atoms with Crippen molar-refractivity contribution in [2.24, 2.45) is 7.05 Å². The number of imidazole rings is 1. The molecular formula is C12H14F3N3. The molecular weight excluding hydrogens is 243 g/mol. The van der Waals surface area contributed by atoms with E-state index in [0.29, 0.717) is 0 Å². The lowest BCUT2D eigenvalue weighted by Crippen LogP contribution is -2.30. The maximum absolute atomic E-state index is 12.2. The standard InChI is InChI=1S/C12H14F3N3/c1-17(7-12(13,14)15)6-9-3-4-11-10(5-9)16-8-18(11)2/h3-5,8H,6-7H2,1-2H3. The summed E-state index contributed by atoms with van der Waals surface area (Å²) in [5, 5.41) is 0. The summed E-state index contributed by atoms with van der Waals surface area (Å²) in [6.45, 7) is -0.653. The van der Waals surface area contributed by atoms with Gasteiger partial charge in [0.2, 0.25) is 0 Å². The van der Waals surface area contributed by atoms with Crippen molar-refractivity contribution in [2.45, 2.75) is 12.7 Å². The van der Waals surface area contributed by atoms with Crippen LogP contribution >= 0.6 is 0 Å². The number of hydrogen-bond acceptors (Lipinski definition) is 2. The van der Waals surface area contributed by atoms with Crippen molar-refractivity contribution in [2.75, 3.05) is 13.6 Å². The van der Waals surface area contributed by atoms with Gasteiger partial charge in [0.1, 0.15) is 0 Å². The quantitative estimate of drug-likeness (QED) is 0.842. The van der Waals surface area contributed by atoms with Crippen molar-refractivity contribution in [1.29, 1.82) is 0 Å². The van der Waals surface area contributed by atoms with Gasteiger partial charge in [0, 0.05) is 13.6 Å². The summed E-state index contributed by atoms with van der Waals surface area (Å²) in [5.74, 6) is 0.